The molecule has 2 aromatic rings. The third-order valence-electron chi connectivity index (χ3n) is 3.79. The van der Waals surface area contributed by atoms with Crippen LogP contribution in [0.5, 0.6) is 0 Å². The largest absolute Gasteiger partial charge is 0.244 e. The smallest absolute Gasteiger partial charge is 0.211 e. The Morgan fingerprint density at radius 2 is 2.00 bits per heavy atom. The first-order valence-electron chi connectivity index (χ1n) is 7.05. The van der Waals surface area contributed by atoms with Crippen LogP contribution in [0.2, 0.25) is 0 Å². The molecule has 0 bridgehead atoms. The zero-order valence-corrected chi connectivity index (χ0v) is 13.1. The molecular weight excluding hydrogens is 302 g/mol. The molecule has 3 heterocycles. The van der Waals surface area contributed by atoms with Crippen molar-refractivity contribution in [2.75, 3.05) is 19.3 Å². The van der Waals surface area contributed by atoms with E-state index in [1.165, 1.54) is 16.9 Å². The van der Waals surface area contributed by atoms with Gasteiger partial charge in [-0.1, -0.05) is 0 Å². The van der Waals surface area contributed by atoms with Gasteiger partial charge in [-0.15, -0.1) is 0 Å². The van der Waals surface area contributed by atoms with Crippen molar-refractivity contribution in [3.63, 3.8) is 0 Å². The highest BCUT2D eigenvalue weighted by Gasteiger charge is 2.28. The van der Waals surface area contributed by atoms with Gasteiger partial charge in [0.05, 0.1) is 17.6 Å². The molecule has 116 valence electrons. The molecule has 0 amide bonds. The molecule has 0 aliphatic carbocycles. The molecule has 2 aromatic heterocycles. The third kappa shape index (κ3) is 3.45. The highest BCUT2D eigenvalue weighted by molar-refractivity contribution is 7.88. The van der Waals surface area contributed by atoms with Crippen molar-refractivity contribution in [3.8, 4) is 11.3 Å². The van der Waals surface area contributed by atoms with Crippen molar-refractivity contribution in [1.29, 1.82) is 0 Å². The maximum atomic E-state index is 11.5. The molecule has 3 rings (SSSR count). The average Bonchev–Trinajstić information content (AvgIpc) is 2.98. The van der Waals surface area contributed by atoms with E-state index in [0.717, 1.165) is 29.8 Å². The van der Waals surface area contributed by atoms with Crippen LogP contribution in [0.4, 0.5) is 0 Å². The van der Waals surface area contributed by atoms with Gasteiger partial charge in [-0.3, -0.25) is 0 Å². The lowest BCUT2D eigenvalue weighted by atomic mass is 10.0. The summed E-state index contributed by atoms with van der Waals surface area (Å²) in [7, 11) is -3.09. The van der Waals surface area contributed by atoms with Crippen LogP contribution in [0.1, 0.15) is 12.1 Å². The molecule has 1 aliphatic heterocycles. The van der Waals surface area contributed by atoms with E-state index >= 15 is 0 Å². The Balaban J connectivity index is 1.65. The summed E-state index contributed by atoms with van der Waals surface area (Å²) < 4.78 is 24.6. The molecule has 1 atom stereocenters. The van der Waals surface area contributed by atoms with Gasteiger partial charge in [0.15, 0.2) is 0 Å². The number of hydrogen-bond donors (Lipinski definition) is 0. The minimum Gasteiger partial charge on any atom is -0.244 e. The van der Waals surface area contributed by atoms with Crippen LogP contribution in [0.25, 0.3) is 11.3 Å². The summed E-state index contributed by atoms with van der Waals surface area (Å²) in [6.07, 6.45) is 7.72. The van der Waals surface area contributed by atoms with E-state index in [2.05, 4.69) is 20.2 Å². The second-order valence-corrected chi connectivity index (χ2v) is 7.50. The van der Waals surface area contributed by atoms with Crippen LogP contribution in [-0.2, 0) is 16.4 Å². The summed E-state index contributed by atoms with van der Waals surface area (Å²) in [5.41, 5.74) is 2.43. The van der Waals surface area contributed by atoms with Crippen molar-refractivity contribution in [1.82, 2.24) is 24.5 Å². The Morgan fingerprint density at radius 1 is 1.23 bits per heavy atom. The van der Waals surface area contributed by atoms with Crippen LogP contribution in [0, 0.1) is 5.92 Å². The van der Waals surface area contributed by atoms with E-state index in [0.29, 0.717) is 19.0 Å². The van der Waals surface area contributed by atoms with Gasteiger partial charge in [0.1, 0.15) is 6.33 Å². The summed E-state index contributed by atoms with van der Waals surface area (Å²) in [6.45, 7) is 1.16. The Hall–Kier alpha value is -1.93. The summed E-state index contributed by atoms with van der Waals surface area (Å²) in [4.78, 5) is 7.91. The number of hydrogen-bond acceptors (Lipinski definition) is 6. The maximum absolute atomic E-state index is 11.5. The van der Waals surface area contributed by atoms with Crippen LogP contribution >= 0.6 is 0 Å². The maximum Gasteiger partial charge on any atom is 0.211 e. The standard InChI is InChI=1S/C14H17N5O2S/c1-22(20,21)19-5-4-11(9-19)6-13-2-3-14(18-17-13)12-7-15-10-16-8-12/h2-3,7-8,10-11H,4-6,9H2,1H3. The highest BCUT2D eigenvalue weighted by atomic mass is 32.2. The van der Waals surface area contributed by atoms with E-state index < -0.39 is 10.0 Å². The predicted octanol–water partition coefficient (Wildman–Crippen LogP) is 0.758. The van der Waals surface area contributed by atoms with Crippen molar-refractivity contribution in [2.45, 2.75) is 12.8 Å². The number of rotatable bonds is 4. The van der Waals surface area contributed by atoms with E-state index in [1.54, 1.807) is 12.4 Å². The van der Waals surface area contributed by atoms with Gasteiger partial charge in [-0.05, 0) is 30.9 Å². The molecule has 0 radical (unpaired) electrons. The molecule has 1 saturated heterocycles. The molecule has 22 heavy (non-hydrogen) atoms. The molecule has 7 nitrogen and oxygen atoms in total. The molecule has 1 unspecified atom stereocenters. The van der Waals surface area contributed by atoms with Gasteiger partial charge in [0.25, 0.3) is 0 Å². The lowest BCUT2D eigenvalue weighted by molar-refractivity contribution is 0.458. The first-order valence-corrected chi connectivity index (χ1v) is 8.90. The lowest BCUT2D eigenvalue weighted by Crippen LogP contribution is -2.27. The molecular formula is C14H17N5O2S. The quantitative estimate of drug-likeness (QED) is 0.826. The number of aromatic nitrogens is 4. The number of sulfonamides is 1. The Labute approximate surface area is 129 Å². The first-order chi connectivity index (χ1) is 10.5. The van der Waals surface area contributed by atoms with Crippen molar-refractivity contribution in [2.24, 2.45) is 5.92 Å². The number of nitrogens with zero attached hydrogens (tertiary/aromatic N) is 5. The molecule has 0 spiro atoms. The van der Waals surface area contributed by atoms with Crippen LogP contribution < -0.4 is 0 Å². The van der Waals surface area contributed by atoms with Crippen molar-refractivity contribution in [3.05, 3.63) is 36.5 Å². The van der Waals surface area contributed by atoms with E-state index in [-0.39, 0.29) is 0 Å². The van der Waals surface area contributed by atoms with Gasteiger partial charge in [0, 0.05) is 31.0 Å². The topological polar surface area (TPSA) is 88.9 Å². The SMILES string of the molecule is CS(=O)(=O)N1CCC(Cc2ccc(-c3cncnc3)nn2)C1. The molecule has 1 fully saturated rings. The fourth-order valence-corrected chi connectivity index (χ4v) is 3.53. The third-order valence-corrected chi connectivity index (χ3v) is 5.06. The van der Waals surface area contributed by atoms with Gasteiger partial charge in [0.2, 0.25) is 10.0 Å². The normalized spacial score (nSPS) is 19.4. The minimum atomic E-state index is -3.09. The molecule has 0 N–H and O–H groups in total. The first kappa shape index (κ1) is 15.0. The lowest BCUT2D eigenvalue weighted by Gasteiger charge is -2.12. The Morgan fingerprint density at radius 3 is 2.59 bits per heavy atom. The summed E-state index contributed by atoms with van der Waals surface area (Å²) in [5.74, 6) is 0.301. The molecule has 0 aromatic carbocycles. The summed E-state index contributed by atoms with van der Waals surface area (Å²) >= 11 is 0. The van der Waals surface area contributed by atoms with E-state index in [4.69, 9.17) is 0 Å². The van der Waals surface area contributed by atoms with Gasteiger partial charge >= 0.3 is 0 Å². The van der Waals surface area contributed by atoms with Gasteiger partial charge in [-0.2, -0.15) is 10.2 Å². The fourth-order valence-electron chi connectivity index (χ4n) is 2.61. The highest BCUT2D eigenvalue weighted by Crippen LogP contribution is 2.22. The minimum absolute atomic E-state index is 0.301. The summed E-state index contributed by atoms with van der Waals surface area (Å²) in [5, 5.41) is 8.43. The fraction of sp³-hybridized carbons (Fsp3) is 0.429. The monoisotopic (exact) mass is 319 g/mol. The summed E-state index contributed by atoms with van der Waals surface area (Å²) in [6, 6.07) is 3.82. The van der Waals surface area contributed by atoms with Crippen molar-refractivity contribution >= 4 is 10.0 Å². The molecule has 1 aliphatic rings. The molecule has 8 heteroatoms. The van der Waals surface area contributed by atoms with Crippen LogP contribution in [0.15, 0.2) is 30.9 Å². The zero-order valence-electron chi connectivity index (χ0n) is 12.3. The van der Waals surface area contributed by atoms with Crippen LogP contribution in [-0.4, -0.2) is 52.2 Å². The second-order valence-electron chi connectivity index (χ2n) is 5.52. The average molecular weight is 319 g/mol. The Kier molecular flexibility index (Phi) is 4.12. The van der Waals surface area contributed by atoms with E-state index in [9.17, 15) is 8.42 Å². The van der Waals surface area contributed by atoms with Gasteiger partial charge < -0.3 is 0 Å². The molecule has 0 saturated carbocycles. The van der Waals surface area contributed by atoms with Crippen molar-refractivity contribution < 1.29 is 8.42 Å². The van der Waals surface area contributed by atoms with Crippen LogP contribution in [0.3, 0.4) is 0 Å². The van der Waals surface area contributed by atoms with Gasteiger partial charge in [-0.25, -0.2) is 22.7 Å². The zero-order chi connectivity index (χ0) is 15.6. The predicted molar refractivity (Wildman–Crippen MR) is 81.3 cm³/mol. The Bertz CT molecular complexity index is 734. The van der Waals surface area contributed by atoms with E-state index in [1.807, 2.05) is 12.1 Å². The second kappa shape index (κ2) is 6.05.